The first kappa shape index (κ1) is 18.3. The van der Waals surface area contributed by atoms with Crippen molar-refractivity contribution in [1.82, 2.24) is 10.6 Å². The van der Waals surface area contributed by atoms with E-state index in [0.29, 0.717) is 12.6 Å². The zero-order valence-electron chi connectivity index (χ0n) is 14.1. The minimum Gasteiger partial charge on any atom is -0.493 e. The predicted molar refractivity (Wildman–Crippen MR) is 89.8 cm³/mol. The van der Waals surface area contributed by atoms with Gasteiger partial charge in [0.25, 0.3) is 0 Å². The molecular weight excluding hydrogens is 316 g/mol. The minimum absolute atomic E-state index is 0.0222. The van der Waals surface area contributed by atoms with Gasteiger partial charge in [-0.3, -0.25) is 0 Å². The number of ether oxygens (including phenoxy) is 2. The molecule has 24 heavy (non-hydrogen) atoms. The van der Waals surface area contributed by atoms with Crippen LogP contribution in [0.5, 0.6) is 11.5 Å². The van der Waals surface area contributed by atoms with Crippen LogP contribution in [0, 0.1) is 0 Å². The Labute approximate surface area is 141 Å². The van der Waals surface area contributed by atoms with Crippen molar-refractivity contribution in [2.45, 2.75) is 51.8 Å². The van der Waals surface area contributed by atoms with Crippen molar-refractivity contribution in [3.8, 4) is 11.5 Å². The van der Waals surface area contributed by atoms with E-state index in [0.717, 1.165) is 30.9 Å². The summed E-state index contributed by atoms with van der Waals surface area (Å²) in [7, 11) is 1.42. The van der Waals surface area contributed by atoms with Crippen LogP contribution in [-0.4, -0.2) is 32.3 Å². The lowest BCUT2D eigenvalue weighted by atomic mass is 10.2. The van der Waals surface area contributed by atoms with Crippen LogP contribution in [0.2, 0.25) is 0 Å². The number of benzene rings is 1. The molecule has 0 saturated heterocycles. The predicted octanol–water partition coefficient (Wildman–Crippen LogP) is 3.29. The van der Waals surface area contributed by atoms with Crippen molar-refractivity contribution in [2.75, 3.05) is 13.7 Å². The SMILES string of the molecule is CCNC(=NCc1ccc(OC)c(OC(F)F)c1)NC1CCCC1. The standard InChI is InChI=1S/C17H25F2N3O2/c1-3-20-17(22-13-6-4-5-7-13)21-11-12-8-9-14(23-2)15(10-12)24-16(18)19/h8-10,13,16H,3-7,11H2,1-2H3,(H2,20,21,22). The lowest BCUT2D eigenvalue weighted by molar-refractivity contribution is -0.0512. The van der Waals surface area contributed by atoms with Crippen LogP contribution in [0.3, 0.4) is 0 Å². The molecule has 1 fully saturated rings. The van der Waals surface area contributed by atoms with Gasteiger partial charge in [0.1, 0.15) is 0 Å². The molecule has 134 valence electrons. The number of aliphatic imine (C=N–C) groups is 1. The number of hydrogen-bond donors (Lipinski definition) is 2. The van der Waals surface area contributed by atoms with Crippen molar-refractivity contribution >= 4 is 5.96 Å². The number of nitrogens with one attached hydrogen (secondary N) is 2. The quantitative estimate of drug-likeness (QED) is 0.590. The topological polar surface area (TPSA) is 54.9 Å². The van der Waals surface area contributed by atoms with Gasteiger partial charge in [0.2, 0.25) is 0 Å². The van der Waals surface area contributed by atoms with E-state index in [1.54, 1.807) is 12.1 Å². The summed E-state index contributed by atoms with van der Waals surface area (Å²) in [6, 6.07) is 5.39. The van der Waals surface area contributed by atoms with E-state index in [9.17, 15) is 8.78 Å². The largest absolute Gasteiger partial charge is 0.493 e. The average molecular weight is 341 g/mol. The molecule has 1 aliphatic rings. The molecule has 0 atom stereocenters. The molecule has 0 bridgehead atoms. The van der Waals surface area contributed by atoms with Crippen LogP contribution in [0.4, 0.5) is 8.78 Å². The van der Waals surface area contributed by atoms with Crippen LogP contribution in [0.25, 0.3) is 0 Å². The molecule has 7 heteroatoms. The molecule has 1 saturated carbocycles. The summed E-state index contributed by atoms with van der Waals surface area (Å²) in [4.78, 5) is 4.53. The zero-order chi connectivity index (χ0) is 17.4. The Kier molecular flexibility index (Phi) is 7.08. The number of guanidine groups is 1. The molecule has 2 N–H and O–H groups in total. The fraction of sp³-hybridized carbons (Fsp3) is 0.588. The summed E-state index contributed by atoms with van der Waals surface area (Å²) in [6.45, 7) is 0.249. The molecule has 1 aliphatic carbocycles. The van der Waals surface area contributed by atoms with Crippen molar-refractivity contribution in [2.24, 2.45) is 4.99 Å². The first-order valence-electron chi connectivity index (χ1n) is 8.29. The highest BCUT2D eigenvalue weighted by atomic mass is 19.3. The Balaban J connectivity index is 2.06. The van der Waals surface area contributed by atoms with Gasteiger partial charge in [0.15, 0.2) is 17.5 Å². The van der Waals surface area contributed by atoms with Gasteiger partial charge in [0, 0.05) is 12.6 Å². The van der Waals surface area contributed by atoms with Crippen molar-refractivity contribution in [3.05, 3.63) is 23.8 Å². The summed E-state index contributed by atoms with van der Waals surface area (Å²) in [5.74, 6) is 1.05. The summed E-state index contributed by atoms with van der Waals surface area (Å²) in [5, 5.41) is 6.63. The number of halogens is 2. The third-order valence-electron chi connectivity index (χ3n) is 3.90. The lowest BCUT2D eigenvalue weighted by Crippen LogP contribution is -2.42. The van der Waals surface area contributed by atoms with Gasteiger partial charge in [-0.1, -0.05) is 18.9 Å². The number of alkyl halides is 2. The fourth-order valence-corrected chi connectivity index (χ4v) is 2.76. The van der Waals surface area contributed by atoms with Gasteiger partial charge in [0.05, 0.1) is 13.7 Å². The maximum absolute atomic E-state index is 12.5. The minimum atomic E-state index is -2.89. The smallest absolute Gasteiger partial charge is 0.387 e. The molecule has 0 aliphatic heterocycles. The Hall–Kier alpha value is -2.05. The Morgan fingerprint density at radius 3 is 2.67 bits per heavy atom. The Morgan fingerprint density at radius 2 is 2.04 bits per heavy atom. The van der Waals surface area contributed by atoms with Crippen LogP contribution in [0.15, 0.2) is 23.2 Å². The van der Waals surface area contributed by atoms with Crippen LogP contribution < -0.4 is 20.1 Å². The van der Waals surface area contributed by atoms with Crippen molar-refractivity contribution in [1.29, 1.82) is 0 Å². The van der Waals surface area contributed by atoms with Crippen molar-refractivity contribution in [3.63, 3.8) is 0 Å². The molecule has 5 nitrogen and oxygen atoms in total. The van der Waals surface area contributed by atoms with E-state index in [4.69, 9.17) is 4.74 Å². The van der Waals surface area contributed by atoms with Gasteiger partial charge in [-0.05, 0) is 37.5 Å². The Bertz CT molecular complexity index is 547. The van der Waals surface area contributed by atoms with Crippen molar-refractivity contribution < 1.29 is 18.3 Å². The van der Waals surface area contributed by atoms with Gasteiger partial charge >= 0.3 is 6.61 Å². The molecule has 0 spiro atoms. The number of nitrogens with zero attached hydrogens (tertiary/aromatic N) is 1. The maximum Gasteiger partial charge on any atom is 0.387 e. The van der Waals surface area contributed by atoms with Gasteiger partial charge in [-0.25, -0.2) is 4.99 Å². The molecule has 0 heterocycles. The lowest BCUT2D eigenvalue weighted by Gasteiger charge is -2.16. The first-order chi connectivity index (χ1) is 11.6. The van der Waals surface area contributed by atoms with Crippen LogP contribution in [0.1, 0.15) is 38.2 Å². The second kappa shape index (κ2) is 9.30. The number of rotatable bonds is 7. The van der Waals surface area contributed by atoms with E-state index in [1.807, 2.05) is 6.92 Å². The van der Waals surface area contributed by atoms with E-state index >= 15 is 0 Å². The van der Waals surface area contributed by atoms with E-state index in [1.165, 1.54) is 26.0 Å². The average Bonchev–Trinajstić information content (AvgIpc) is 3.05. The van der Waals surface area contributed by atoms with E-state index < -0.39 is 6.61 Å². The first-order valence-corrected chi connectivity index (χ1v) is 8.29. The summed E-state index contributed by atoms with van der Waals surface area (Å²) >= 11 is 0. The summed E-state index contributed by atoms with van der Waals surface area (Å²) in [5.41, 5.74) is 0.773. The second-order valence-electron chi connectivity index (χ2n) is 5.68. The monoisotopic (exact) mass is 341 g/mol. The molecule has 1 aromatic carbocycles. The molecule has 1 aromatic rings. The van der Waals surface area contributed by atoms with Gasteiger partial charge in [-0.15, -0.1) is 0 Å². The summed E-state index contributed by atoms with van der Waals surface area (Å²) < 4.78 is 34.5. The van der Waals surface area contributed by atoms with Gasteiger partial charge < -0.3 is 20.1 Å². The third kappa shape index (κ3) is 5.54. The maximum atomic E-state index is 12.5. The van der Waals surface area contributed by atoms with Gasteiger partial charge in [-0.2, -0.15) is 8.78 Å². The highest BCUT2D eigenvalue weighted by Crippen LogP contribution is 2.29. The molecule has 0 aromatic heterocycles. The van der Waals surface area contributed by atoms with Crippen LogP contribution >= 0.6 is 0 Å². The summed E-state index contributed by atoms with van der Waals surface area (Å²) in [6.07, 6.45) is 4.78. The molecule has 0 amide bonds. The Morgan fingerprint density at radius 1 is 1.29 bits per heavy atom. The molecule has 2 rings (SSSR count). The highest BCUT2D eigenvalue weighted by molar-refractivity contribution is 5.80. The number of hydrogen-bond acceptors (Lipinski definition) is 3. The van der Waals surface area contributed by atoms with E-state index in [-0.39, 0.29) is 11.5 Å². The highest BCUT2D eigenvalue weighted by Gasteiger charge is 2.16. The van der Waals surface area contributed by atoms with Crippen LogP contribution in [-0.2, 0) is 6.54 Å². The normalized spacial score (nSPS) is 15.6. The molecule has 0 radical (unpaired) electrons. The second-order valence-corrected chi connectivity index (χ2v) is 5.68. The fourth-order valence-electron chi connectivity index (χ4n) is 2.76. The molecular formula is C17H25F2N3O2. The number of methoxy groups -OCH3 is 1. The third-order valence-corrected chi connectivity index (χ3v) is 3.90. The van der Waals surface area contributed by atoms with E-state index in [2.05, 4.69) is 20.4 Å². The zero-order valence-corrected chi connectivity index (χ0v) is 14.1. The molecule has 0 unspecified atom stereocenters.